The average molecular weight is 283 g/mol. The Morgan fingerprint density at radius 2 is 1.89 bits per heavy atom. The third-order valence-electron chi connectivity index (χ3n) is 2.65. The zero-order valence-electron chi connectivity index (χ0n) is 11.2. The van der Waals surface area contributed by atoms with Crippen molar-refractivity contribution >= 4 is 22.4 Å². The number of benzene rings is 1. The molecule has 0 saturated carbocycles. The van der Waals surface area contributed by atoms with E-state index in [-0.39, 0.29) is 16.8 Å². The van der Waals surface area contributed by atoms with E-state index in [0.29, 0.717) is 22.3 Å². The fraction of sp³-hybridized carbons (Fsp3) is 0.385. The highest BCUT2D eigenvalue weighted by Gasteiger charge is 2.14. The van der Waals surface area contributed by atoms with Crippen molar-refractivity contribution in [2.45, 2.75) is 20.0 Å². The Hall–Kier alpha value is -1.75. The molecule has 2 aromatic rings. The van der Waals surface area contributed by atoms with Gasteiger partial charge in [0, 0.05) is 12.4 Å². The second-order valence-corrected chi connectivity index (χ2v) is 4.79. The van der Waals surface area contributed by atoms with Crippen LogP contribution in [0.25, 0.3) is 10.8 Å². The molecule has 0 N–H and O–H groups in total. The topological polar surface area (TPSA) is 53.4 Å². The van der Waals surface area contributed by atoms with Gasteiger partial charge >= 0.3 is 0 Å². The third kappa shape index (κ3) is 2.51. The SMILES string of the molecule is COc1cc2c(=O)n(C)nc(Cl)c2cc1OC(C)C. The van der Waals surface area contributed by atoms with E-state index in [1.165, 1.54) is 11.8 Å². The van der Waals surface area contributed by atoms with Crippen LogP contribution in [0.3, 0.4) is 0 Å². The molecule has 1 heterocycles. The van der Waals surface area contributed by atoms with Gasteiger partial charge in [0.15, 0.2) is 16.7 Å². The zero-order valence-corrected chi connectivity index (χ0v) is 12.0. The maximum atomic E-state index is 12.0. The molecule has 0 amide bonds. The monoisotopic (exact) mass is 282 g/mol. The first-order valence-electron chi connectivity index (χ1n) is 5.85. The lowest BCUT2D eigenvalue weighted by atomic mass is 10.1. The van der Waals surface area contributed by atoms with Gasteiger partial charge in [-0.05, 0) is 26.0 Å². The molecule has 0 aliphatic heterocycles. The normalized spacial score (nSPS) is 11.1. The molecule has 1 aromatic carbocycles. The van der Waals surface area contributed by atoms with E-state index in [9.17, 15) is 4.79 Å². The molecule has 6 heteroatoms. The van der Waals surface area contributed by atoms with Crippen LogP contribution in [0.4, 0.5) is 0 Å². The molecular formula is C13H15ClN2O3. The number of halogens is 1. The van der Waals surface area contributed by atoms with Crippen LogP contribution in [0.5, 0.6) is 11.5 Å². The van der Waals surface area contributed by atoms with Crippen molar-refractivity contribution in [3.63, 3.8) is 0 Å². The molecule has 2 rings (SSSR count). The summed E-state index contributed by atoms with van der Waals surface area (Å²) >= 11 is 6.07. The molecule has 0 aliphatic rings. The molecule has 19 heavy (non-hydrogen) atoms. The fourth-order valence-electron chi connectivity index (χ4n) is 1.82. The van der Waals surface area contributed by atoms with Gasteiger partial charge in [0.25, 0.3) is 5.56 Å². The minimum absolute atomic E-state index is 0.00960. The van der Waals surface area contributed by atoms with Crippen molar-refractivity contribution < 1.29 is 9.47 Å². The number of nitrogens with zero attached hydrogens (tertiary/aromatic N) is 2. The van der Waals surface area contributed by atoms with Gasteiger partial charge in [0.2, 0.25) is 0 Å². The van der Waals surface area contributed by atoms with Crippen LogP contribution in [0.2, 0.25) is 5.15 Å². The summed E-state index contributed by atoms with van der Waals surface area (Å²) in [5.41, 5.74) is -0.228. The van der Waals surface area contributed by atoms with Gasteiger partial charge < -0.3 is 9.47 Å². The second-order valence-electron chi connectivity index (χ2n) is 4.43. The van der Waals surface area contributed by atoms with E-state index in [1.807, 2.05) is 13.8 Å². The van der Waals surface area contributed by atoms with E-state index in [0.717, 1.165) is 0 Å². The Morgan fingerprint density at radius 1 is 1.26 bits per heavy atom. The van der Waals surface area contributed by atoms with Gasteiger partial charge in [-0.15, -0.1) is 0 Å². The Morgan fingerprint density at radius 3 is 2.47 bits per heavy atom. The predicted octanol–water partition coefficient (Wildman–Crippen LogP) is 2.38. The quantitative estimate of drug-likeness (QED) is 0.867. The van der Waals surface area contributed by atoms with Crippen molar-refractivity contribution in [1.82, 2.24) is 9.78 Å². The van der Waals surface area contributed by atoms with E-state index in [2.05, 4.69) is 5.10 Å². The molecule has 0 aliphatic carbocycles. The molecule has 0 spiro atoms. The highest BCUT2D eigenvalue weighted by molar-refractivity contribution is 6.34. The number of hydrogen-bond donors (Lipinski definition) is 0. The van der Waals surface area contributed by atoms with Crippen LogP contribution in [-0.2, 0) is 7.05 Å². The molecule has 0 bridgehead atoms. The summed E-state index contributed by atoms with van der Waals surface area (Å²) in [5.74, 6) is 1.04. The van der Waals surface area contributed by atoms with E-state index >= 15 is 0 Å². The van der Waals surface area contributed by atoms with Gasteiger partial charge in [-0.25, -0.2) is 4.68 Å². The minimum Gasteiger partial charge on any atom is -0.493 e. The van der Waals surface area contributed by atoms with Crippen molar-refractivity contribution in [1.29, 1.82) is 0 Å². The highest BCUT2D eigenvalue weighted by Crippen LogP contribution is 2.33. The maximum Gasteiger partial charge on any atom is 0.274 e. The summed E-state index contributed by atoms with van der Waals surface area (Å²) in [6.45, 7) is 3.82. The van der Waals surface area contributed by atoms with Gasteiger partial charge in [-0.2, -0.15) is 5.10 Å². The molecule has 0 saturated heterocycles. The number of hydrogen-bond acceptors (Lipinski definition) is 4. The van der Waals surface area contributed by atoms with Crippen molar-refractivity contribution in [3.05, 3.63) is 27.6 Å². The number of aromatic nitrogens is 2. The molecule has 1 aromatic heterocycles. The Kier molecular flexibility index (Phi) is 3.66. The number of fused-ring (bicyclic) bond motifs is 1. The lowest BCUT2D eigenvalue weighted by Gasteiger charge is -2.14. The van der Waals surface area contributed by atoms with E-state index < -0.39 is 0 Å². The van der Waals surface area contributed by atoms with Crippen molar-refractivity contribution in [2.24, 2.45) is 7.05 Å². The highest BCUT2D eigenvalue weighted by atomic mass is 35.5. The van der Waals surface area contributed by atoms with Gasteiger partial charge in [0.1, 0.15) is 0 Å². The van der Waals surface area contributed by atoms with Crippen LogP contribution in [0.1, 0.15) is 13.8 Å². The summed E-state index contributed by atoms with van der Waals surface area (Å²) in [6.07, 6.45) is -0.00960. The molecule has 0 fully saturated rings. The smallest absolute Gasteiger partial charge is 0.274 e. The number of methoxy groups -OCH3 is 1. The predicted molar refractivity (Wildman–Crippen MR) is 74.3 cm³/mol. The fourth-order valence-corrected chi connectivity index (χ4v) is 2.09. The standard InChI is InChI=1S/C13H15ClN2O3/c1-7(2)19-11-5-8-9(6-10(11)18-4)13(17)16(3)15-12(8)14/h5-7H,1-4H3. The molecule has 102 valence electrons. The first kappa shape index (κ1) is 13.7. The molecular weight excluding hydrogens is 268 g/mol. The van der Waals surface area contributed by atoms with Crippen molar-refractivity contribution in [3.8, 4) is 11.5 Å². The number of ether oxygens (including phenoxy) is 2. The van der Waals surface area contributed by atoms with Crippen LogP contribution in [0.15, 0.2) is 16.9 Å². The van der Waals surface area contributed by atoms with Crippen LogP contribution in [0, 0.1) is 0 Å². The zero-order chi connectivity index (χ0) is 14.2. The summed E-state index contributed by atoms with van der Waals surface area (Å²) < 4.78 is 12.1. The van der Waals surface area contributed by atoms with Crippen molar-refractivity contribution in [2.75, 3.05) is 7.11 Å². The van der Waals surface area contributed by atoms with Gasteiger partial charge in [0.05, 0.1) is 18.6 Å². The number of aryl methyl sites for hydroxylation is 1. The van der Waals surface area contributed by atoms with Crippen LogP contribution >= 0.6 is 11.6 Å². The van der Waals surface area contributed by atoms with Crippen LogP contribution < -0.4 is 15.0 Å². The minimum atomic E-state index is -0.228. The summed E-state index contributed by atoms with van der Waals surface area (Å²) in [7, 11) is 3.08. The average Bonchev–Trinajstić information content (AvgIpc) is 2.35. The summed E-state index contributed by atoms with van der Waals surface area (Å²) in [5, 5.41) is 5.22. The Bertz CT molecular complexity index is 680. The molecule has 0 unspecified atom stereocenters. The molecule has 0 atom stereocenters. The Balaban J connectivity index is 2.77. The lowest BCUT2D eigenvalue weighted by molar-refractivity contribution is 0.230. The summed E-state index contributed by atoms with van der Waals surface area (Å²) in [6, 6.07) is 3.31. The first-order valence-corrected chi connectivity index (χ1v) is 6.23. The van der Waals surface area contributed by atoms with E-state index in [4.69, 9.17) is 21.1 Å². The second kappa shape index (κ2) is 5.09. The first-order chi connectivity index (χ1) is 8.93. The maximum absolute atomic E-state index is 12.0. The lowest BCUT2D eigenvalue weighted by Crippen LogP contribution is -2.20. The Labute approximate surface area is 115 Å². The molecule has 5 nitrogen and oxygen atoms in total. The van der Waals surface area contributed by atoms with Crippen LogP contribution in [-0.4, -0.2) is 23.0 Å². The summed E-state index contributed by atoms with van der Waals surface area (Å²) in [4.78, 5) is 12.0. The van der Waals surface area contributed by atoms with Gasteiger partial charge in [-0.1, -0.05) is 11.6 Å². The molecule has 0 radical (unpaired) electrons. The largest absolute Gasteiger partial charge is 0.493 e. The third-order valence-corrected chi connectivity index (χ3v) is 2.93. The van der Waals surface area contributed by atoms with Gasteiger partial charge in [-0.3, -0.25) is 4.79 Å². The van der Waals surface area contributed by atoms with E-state index in [1.54, 1.807) is 19.2 Å². The number of rotatable bonds is 3.